The predicted molar refractivity (Wildman–Crippen MR) is 176 cm³/mol. The molecule has 0 saturated carbocycles. The Morgan fingerprint density at radius 1 is 0.886 bits per heavy atom. The molecule has 1 aliphatic rings. The molecule has 3 rings (SSSR count). The van der Waals surface area contributed by atoms with E-state index >= 15 is 0 Å². The van der Waals surface area contributed by atoms with Crippen molar-refractivity contribution in [3.63, 3.8) is 0 Å². The van der Waals surface area contributed by atoms with Gasteiger partial charge in [0.25, 0.3) is 0 Å². The van der Waals surface area contributed by atoms with Crippen molar-refractivity contribution < 1.29 is 32.7 Å². The lowest BCUT2D eigenvalue weighted by Crippen LogP contribution is -2.56. The molecule has 2 aromatic carbocycles. The number of carbonyl (C=O) groups excluding carboxylic acids is 3. The van der Waals surface area contributed by atoms with Gasteiger partial charge in [-0.2, -0.15) is 0 Å². The van der Waals surface area contributed by atoms with Crippen LogP contribution in [0.3, 0.4) is 0 Å². The first kappa shape index (κ1) is 35.7. The zero-order chi connectivity index (χ0) is 32.7. The van der Waals surface area contributed by atoms with E-state index in [1.807, 2.05) is 50.6 Å². The highest BCUT2D eigenvalue weighted by molar-refractivity contribution is 7.98. The van der Waals surface area contributed by atoms with Crippen LogP contribution in [-0.2, 0) is 18.9 Å². The minimum atomic E-state index is -4.04. The minimum absolute atomic E-state index is 0.254. The summed E-state index contributed by atoms with van der Waals surface area (Å²) in [6, 6.07) is 12.5. The lowest BCUT2D eigenvalue weighted by molar-refractivity contribution is -0.140. The average Bonchev–Trinajstić information content (AvgIpc) is 3.45. The van der Waals surface area contributed by atoms with Gasteiger partial charge in [-0.25, -0.2) is 9.36 Å². The topological polar surface area (TPSA) is 123 Å². The normalized spacial score (nSPS) is 16.7. The maximum atomic E-state index is 14.3. The van der Waals surface area contributed by atoms with Gasteiger partial charge in [0.2, 0.25) is 11.8 Å². The van der Waals surface area contributed by atoms with E-state index < -0.39 is 43.1 Å². The van der Waals surface area contributed by atoms with Gasteiger partial charge in [0.15, 0.2) is 5.78 Å². The highest BCUT2D eigenvalue weighted by atomic mass is 32.2. The van der Waals surface area contributed by atoms with E-state index in [-0.39, 0.29) is 11.8 Å². The van der Waals surface area contributed by atoms with Crippen molar-refractivity contribution in [3.05, 3.63) is 48.5 Å². The van der Waals surface area contributed by atoms with Crippen LogP contribution in [0.1, 0.15) is 54.4 Å². The molecule has 13 heteroatoms. The van der Waals surface area contributed by atoms with E-state index in [1.54, 1.807) is 75.5 Å². The number of thioether (sulfide) groups is 2. The Kier molecular flexibility index (Phi) is 12.5. The van der Waals surface area contributed by atoms with Gasteiger partial charge in [-0.1, -0.05) is 13.8 Å². The Labute approximate surface area is 269 Å². The Morgan fingerprint density at radius 3 is 1.82 bits per heavy atom. The second-order valence-electron chi connectivity index (χ2n) is 11.8. The van der Waals surface area contributed by atoms with Crippen LogP contribution in [0.25, 0.3) is 0 Å². The van der Waals surface area contributed by atoms with Crippen LogP contribution < -0.4 is 19.7 Å². The van der Waals surface area contributed by atoms with Crippen LogP contribution in [0.5, 0.6) is 11.5 Å². The van der Waals surface area contributed by atoms with Gasteiger partial charge < -0.3 is 29.3 Å². The molecule has 0 radical (unpaired) electrons. The van der Waals surface area contributed by atoms with E-state index in [2.05, 4.69) is 10.6 Å². The summed E-state index contributed by atoms with van der Waals surface area (Å²) in [5, 5.41) is 5.48. The van der Waals surface area contributed by atoms with Gasteiger partial charge in [0, 0.05) is 16.3 Å². The molecule has 44 heavy (non-hydrogen) atoms. The highest BCUT2D eigenvalue weighted by Gasteiger charge is 2.43. The number of ether oxygens (including phenoxy) is 1. The van der Waals surface area contributed by atoms with Crippen molar-refractivity contribution in [2.75, 3.05) is 19.1 Å². The van der Waals surface area contributed by atoms with E-state index in [4.69, 9.17) is 13.8 Å². The highest BCUT2D eigenvalue weighted by Crippen LogP contribution is 2.52. The molecule has 10 nitrogen and oxygen atoms in total. The molecule has 0 aliphatic carbocycles. The third-order valence-corrected chi connectivity index (χ3v) is 10.3. The molecule has 2 N–H and O–H groups in total. The number of benzene rings is 2. The summed E-state index contributed by atoms with van der Waals surface area (Å²) in [5.74, 6) is -1.51. The second-order valence-corrected chi connectivity index (χ2v) is 15.8. The number of nitrogens with zero attached hydrogens (tertiary/aromatic N) is 1. The first-order valence-electron chi connectivity index (χ1n) is 14.5. The minimum Gasteiger partial charge on any atom is -0.444 e. The van der Waals surface area contributed by atoms with Gasteiger partial charge in [-0.15, -0.1) is 23.5 Å². The summed E-state index contributed by atoms with van der Waals surface area (Å²) >= 11 is 3.13. The fourth-order valence-electron chi connectivity index (χ4n) is 4.55. The zero-order valence-corrected chi connectivity index (χ0v) is 29.1. The summed E-state index contributed by atoms with van der Waals surface area (Å²) in [4.78, 5) is 43.3. The smallest absolute Gasteiger partial charge is 0.444 e. The van der Waals surface area contributed by atoms with E-state index in [0.717, 1.165) is 9.79 Å². The average molecular weight is 666 g/mol. The van der Waals surface area contributed by atoms with E-state index in [9.17, 15) is 18.9 Å². The molecule has 3 atom stereocenters. The SMILES string of the molecule is CSc1ccc(OP(=O)(Oc2ccc(SC)cc2)C(C)NC(=O)C2CCCN2C(=O)C(NC(=O)OC(C)(C)C)C(C)C)cc1. The van der Waals surface area contributed by atoms with Crippen molar-refractivity contribution >= 4 is 49.0 Å². The molecule has 2 aromatic rings. The number of hydrogen-bond donors (Lipinski definition) is 2. The molecule has 0 bridgehead atoms. The summed E-state index contributed by atoms with van der Waals surface area (Å²) in [6.07, 6.45) is 4.22. The Hall–Kier alpha value is -2.82. The summed E-state index contributed by atoms with van der Waals surface area (Å²) in [7, 11) is -4.04. The molecule has 0 spiro atoms. The predicted octanol–water partition coefficient (Wildman–Crippen LogP) is 6.78. The van der Waals surface area contributed by atoms with Gasteiger partial charge in [0.1, 0.15) is 29.2 Å². The van der Waals surface area contributed by atoms with Gasteiger partial charge >= 0.3 is 13.7 Å². The number of carbonyl (C=O) groups is 3. The van der Waals surface area contributed by atoms with Gasteiger partial charge in [0.05, 0.1) is 0 Å². The first-order chi connectivity index (χ1) is 20.7. The van der Waals surface area contributed by atoms with Crippen LogP contribution in [0.2, 0.25) is 0 Å². The van der Waals surface area contributed by atoms with Crippen molar-refractivity contribution in [1.82, 2.24) is 15.5 Å². The number of nitrogens with one attached hydrogen (secondary N) is 2. The number of alkyl carbamates (subject to hydrolysis) is 1. The van der Waals surface area contributed by atoms with E-state index in [0.29, 0.717) is 30.9 Å². The standard InChI is InChI=1S/C31H44N3O7PS2/c1-20(2)27(33-30(37)39-31(4,5)6)29(36)34-19-9-10-26(34)28(35)32-21(3)42(38,40-22-11-15-24(43-7)16-12-22)41-23-13-17-25(44-8)18-14-23/h11-18,20-21,26-27H,9-10,19H2,1-8H3,(H,32,35)(H,33,37). The molecular formula is C31H44N3O7PS2. The fraction of sp³-hybridized carbons (Fsp3) is 0.516. The van der Waals surface area contributed by atoms with Crippen LogP contribution in [0.15, 0.2) is 58.3 Å². The monoisotopic (exact) mass is 665 g/mol. The summed E-state index contributed by atoms with van der Waals surface area (Å²) in [6.45, 7) is 10.8. The maximum Gasteiger partial charge on any atom is 0.452 e. The Bertz CT molecular complexity index is 1280. The quantitative estimate of drug-likeness (QED) is 0.187. The number of likely N-dealkylation sites (tertiary alicyclic amines) is 1. The molecule has 1 fully saturated rings. The molecule has 3 unspecified atom stereocenters. The molecule has 1 saturated heterocycles. The third kappa shape index (κ3) is 9.84. The van der Waals surface area contributed by atoms with E-state index in [1.165, 1.54) is 4.90 Å². The van der Waals surface area contributed by atoms with Crippen molar-refractivity contribution in [3.8, 4) is 11.5 Å². The largest absolute Gasteiger partial charge is 0.452 e. The molecule has 242 valence electrons. The van der Waals surface area contributed by atoms with Crippen LogP contribution >= 0.6 is 31.1 Å². The molecule has 1 aliphatic heterocycles. The maximum absolute atomic E-state index is 14.3. The fourth-order valence-corrected chi connectivity index (χ4v) is 6.84. The Morgan fingerprint density at radius 2 is 1.39 bits per heavy atom. The van der Waals surface area contributed by atoms with Gasteiger partial charge in [-0.3, -0.25) is 9.59 Å². The van der Waals surface area contributed by atoms with Crippen LogP contribution in [0.4, 0.5) is 4.79 Å². The van der Waals surface area contributed by atoms with Crippen LogP contribution in [0, 0.1) is 5.92 Å². The van der Waals surface area contributed by atoms with Crippen molar-refractivity contribution in [2.45, 2.75) is 87.6 Å². The number of amides is 3. The lowest BCUT2D eigenvalue weighted by atomic mass is 10.0. The number of hydrogen-bond acceptors (Lipinski definition) is 9. The van der Waals surface area contributed by atoms with Crippen LogP contribution in [-0.4, -0.2) is 65.3 Å². The zero-order valence-electron chi connectivity index (χ0n) is 26.6. The molecule has 3 amide bonds. The molecule has 0 aromatic heterocycles. The number of rotatable bonds is 12. The first-order valence-corrected chi connectivity index (χ1v) is 18.6. The lowest BCUT2D eigenvalue weighted by Gasteiger charge is -2.32. The third-order valence-electron chi connectivity index (χ3n) is 6.85. The summed E-state index contributed by atoms with van der Waals surface area (Å²) in [5.41, 5.74) is -0.729. The Balaban J connectivity index is 1.80. The molecular weight excluding hydrogens is 621 g/mol. The molecule has 1 heterocycles. The second kappa shape index (κ2) is 15.5. The van der Waals surface area contributed by atoms with Crippen molar-refractivity contribution in [1.29, 1.82) is 0 Å². The van der Waals surface area contributed by atoms with Gasteiger partial charge in [-0.05, 0) is 107 Å². The van der Waals surface area contributed by atoms with Crippen molar-refractivity contribution in [2.24, 2.45) is 5.92 Å². The summed E-state index contributed by atoms with van der Waals surface area (Å²) < 4.78 is 31.7.